The summed E-state index contributed by atoms with van der Waals surface area (Å²) in [6.45, 7) is 2.18. The van der Waals surface area contributed by atoms with Gasteiger partial charge in [0.25, 0.3) is 0 Å². The van der Waals surface area contributed by atoms with E-state index in [1.807, 2.05) is 0 Å². The second-order valence-corrected chi connectivity index (χ2v) is 5.53. The molecule has 0 nitrogen and oxygen atoms in total. The van der Waals surface area contributed by atoms with Crippen molar-refractivity contribution in [2.45, 2.75) is 19.8 Å². The van der Waals surface area contributed by atoms with Gasteiger partial charge in [-0.05, 0) is 47.9 Å². The molecule has 0 fully saturated rings. The standard InChI is InChI=1S/C20H20/c1-16-8-5-6-13-20(16)19-12-7-11-18(15-19)14-17-9-3-2-4-10-17/h2-9,11-13,15,17H,10,14H2,1H3. The summed E-state index contributed by atoms with van der Waals surface area (Å²) < 4.78 is 0. The van der Waals surface area contributed by atoms with E-state index in [9.17, 15) is 0 Å². The summed E-state index contributed by atoms with van der Waals surface area (Å²) in [5.41, 5.74) is 5.44. The molecule has 0 heterocycles. The first-order valence-corrected chi connectivity index (χ1v) is 7.31. The van der Waals surface area contributed by atoms with Gasteiger partial charge in [-0.1, -0.05) is 72.8 Å². The highest BCUT2D eigenvalue weighted by Crippen LogP contribution is 2.25. The highest BCUT2D eigenvalue weighted by Gasteiger charge is 2.08. The quantitative estimate of drug-likeness (QED) is 0.699. The van der Waals surface area contributed by atoms with Crippen LogP contribution in [0.15, 0.2) is 72.8 Å². The van der Waals surface area contributed by atoms with Crippen LogP contribution in [0.1, 0.15) is 17.5 Å². The van der Waals surface area contributed by atoms with E-state index in [0.29, 0.717) is 5.92 Å². The van der Waals surface area contributed by atoms with Gasteiger partial charge in [-0.2, -0.15) is 0 Å². The fraction of sp³-hybridized carbons (Fsp3) is 0.200. The van der Waals surface area contributed by atoms with Crippen molar-refractivity contribution >= 4 is 0 Å². The van der Waals surface area contributed by atoms with E-state index in [2.05, 4.69) is 79.8 Å². The minimum atomic E-state index is 0.645. The summed E-state index contributed by atoms with van der Waals surface area (Å²) in [4.78, 5) is 0. The van der Waals surface area contributed by atoms with E-state index in [0.717, 1.165) is 12.8 Å². The predicted octanol–water partition coefficient (Wildman–Crippen LogP) is 5.34. The number of benzene rings is 2. The van der Waals surface area contributed by atoms with Gasteiger partial charge in [0, 0.05) is 0 Å². The van der Waals surface area contributed by atoms with Crippen LogP contribution >= 0.6 is 0 Å². The van der Waals surface area contributed by atoms with Gasteiger partial charge in [0.05, 0.1) is 0 Å². The summed E-state index contributed by atoms with van der Waals surface area (Å²) in [6.07, 6.45) is 11.2. The third-order valence-electron chi connectivity index (χ3n) is 3.95. The maximum Gasteiger partial charge on any atom is -0.0155 e. The Hall–Kier alpha value is -2.08. The zero-order valence-corrected chi connectivity index (χ0v) is 11.9. The fourth-order valence-corrected chi connectivity index (χ4v) is 2.85. The second-order valence-electron chi connectivity index (χ2n) is 5.53. The topological polar surface area (TPSA) is 0 Å². The number of hydrogen-bond donors (Lipinski definition) is 0. The van der Waals surface area contributed by atoms with E-state index >= 15 is 0 Å². The van der Waals surface area contributed by atoms with Gasteiger partial charge in [-0.15, -0.1) is 0 Å². The van der Waals surface area contributed by atoms with E-state index in [1.54, 1.807) is 0 Å². The summed E-state index contributed by atoms with van der Waals surface area (Å²) in [5.74, 6) is 0.645. The molecule has 20 heavy (non-hydrogen) atoms. The highest BCUT2D eigenvalue weighted by atomic mass is 14.1. The smallest absolute Gasteiger partial charge is 0.0155 e. The number of rotatable bonds is 3. The second kappa shape index (κ2) is 5.92. The van der Waals surface area contributed by atoms with Gasteiger partial charge in [0.1, 0.15) is 0 Å². The van der Waals surface area contributed by atoms with Gasteiger partial charge in [0.15, 0.2) is 0 Å². The molecule has 3 rings (SSSR count). The first-order chi connectivity index (χ1) is 9.83. The van der Waals surface area contributed by atoms with Gasteiger partial charge in [-0.25, -0.2) is 0 Å². The van der Waals surface area contributed by atoms with Crippen LogP contribution in [-0.4, -0.2) is 0 Å². The first-order valence-electron chi connectivity index (χ1n) is 7.31. The van der Waals surface area contributed by atoms with Crippen molar-refractivity contribution in [3.05, 3.63) is 84.0 Å². The van der Waals surface area contributed by atoms with Gasteiger partial charge < -0.3 is 0 Å². The van der Waals surface area contributed by atoms with Crippen LogP contribution in [0.3, 0.4) is 0 Å². The van der Waals surface area contributed by atoms with Crippen LogP contribution in [-0.2, 0) is 6.42 Å². The largest absolute Gasteiger partial charge is 0.0840 e. The van der Waals surface area contributed by atoms with Crippen LogP contribution < -0.4 is 0 Å². The first kappa shape index (κ1) is 12.9. The Bertz CT molecular complexity index is 647. The molecule has 0 bridgehead atoms. The Morgan fingerprint density at radius 1 is 1.00 bits per heavy atom. The lowest BCUT2D eigenvalue weighted by molar-refractivity contribution is 0.653. The van der Waals surface area contributed by atoms with E-state index in [4.69, 9.17) is 0 Å². The normalized spacial score (nSPS) is 17.4. The third kappa shape index (κ3) is 2.91. The van der Waals surface area contributed by atoms with Crippen LogP contribution in [0.4, 0.5) is 0 Å². The van der Waals surface area contributed by atoms with Crippen molar-refractivity contribution in [3.63, 3.8) is 0 Å². The molecular formula is C20H20. The van der Waals surface area contributed by atoms with Crippen LogP contribution in [0.2, 0.25) is 0 Å². The molecule has 0 spiro atoms. The molecule has 0 aliphatic heterocycles. The SMILES string of the molecule is Cc1ccccc1-c1cccc(CC2C=CC=CC2)c1. The monoisotopic (exact) mass is 260 g/mol. The van der Waals surface area contributed by atoms with Crippen LogP contribution in [0.5, 0.6) is 0 Å². The van der Waals surface area contributed by atoms with E-state index in [-0.39, 0.29) is 0 Å². The molecule has 1 unspecified atom stereocenters. The predicted molar refractivity (Wildman–Crippen MR) is 86.7 cm³/mol. The Morgan fingerprint density at radius 3 is 2.70 bits per heavy atom. The maximum atomic E-state index is 2.34. The Labute approximate surface area is 121 Å². The molecular weight excluding hydrogens is 240 g/mol. The average molecular weight is 260 g/mol. The van der Waals surface area contributed by atoms with E-state index in [1.165, 1.54) is 22.3 Å². The Kier molecular flexibility index (Phi) is 3.83. The molecule has 0 saturated carbocycles. The zero-order chi connectivity index (χ0) is 13.8. The molecule has 2 aromatic carbocycles. The number of aryl methyl sites for hydroxylation is 1. The molecule has 0 N–H and O–H groups in total. The number of hydrogen-bond acceptors (Lipinski definition) is 0. The lowest BCUT2D eigenvalue weighted by atomic mass is 9.91. The molecule has 100 valence electrons. The number of allylic oxidation sites excluding steroid dienone is 4. The maximum absolute atomic E-state index is 2.34. The van der Waals surface area contributed by atoms with Gasteiger partial charge in [-0.3, -0.25) is 0 Å². The summed E-state index contributed by atoms with van der Waals surface area (Å²) in [7, 11) is 0. The fourth-order valence-electron chi connectivity index (χ4n) is 2.85. The van der Waals surface area contributed by atoms with Crippen molar-refractivity contribution in [1.29, 1.82) is 0 Å². The highest BCUT2D eigenvalue weighted by molar-refractivity contribution is 5.67. The minimum Gasteiger partial charge on any atom is -0.0840 e. The van der Waals surface area contributed by atoms with Crippen molar-refractivity contribution < 1.29 is 0 Å². The van der Waals surface area contributed by atoms with E-state index < -0.39 is 0 Å². The molecule has 2 aromatic rings. The molecule has 0 radical (unpaired) electrons. The van der Waals surface area contributed by atoms with Crippen LogP contribution in [0.25, 0.3) is 11.1 Å². The lowest BCUT2D eigenvalue weighted by Gasteiger charge is -2.14. The van der Waals surface area contributed by atoms with Gasteiger partial charge >= 0.3 is 0 Å². The Balaban J connectivity index is 1.84. The molecule has 0 aromatic heterocycles. The molecule has 0 amide bonds. The molecule has 1 atom stereocenters. The van der Waals surface area contributed by atoms with Crippen molar-refractivity contribution in [2.24, 2.45) is 5.92 Å². The average Bonchev–Trinajstić information content (AvgIpc) is 2.49. The van der Waals surface area contributed by atoms with Crippen LogP contribution in [0, 0.1) is 12.8 Å². The van der Waals surface area contributed by atoms with Crippen molar-refractivity contribution in [3.8, 4) is 11.1 Å². The Morgan fingerprint density at radius 2 is 1.90 bits per heavy atom. The summed E-state index contributed by atoms with van der Waals surface area (Å²) in [5, 5.41) is 0. The minimum absolute atomic E-state index is 0.645. The zero-order valence-electron chi connectivity index (χ0n) is 11.9. The molecule has 0 heteroatoms. The molecule has 1 aliphatic carbocycles. The third-order valence-corrected chi connectivity index (χ3v) is 3.95. The summed E-state index contributed by atoms with van der Waals surface area (Å²) in [6, 6.07) is 17.6. The van der Waals surface area contributed by atoms with Crippen molar-refractivity contribution in [1.82, 2.24) is 0 Å². The lowest BCUT2D eigenvalue weighted by Crippen LogP contribution is -2.02. The molecule has 1 aliphatic rings. The summed E-state index contributed by atoms with van der Waals surface area (Å²) >= 11 is 0. The molecule has 0 saturated heterocycles. The van der Waals surface area contributed by atoms with Crippen molar-refractivity contribution in [2.75, 3.05) is 0 Å². The van der Waals surface area contributed by atoms with Gasteiger partial charge in [0.2, 0.25) is 0 Å².